The molecule has 0 unspecified atom stereocenters. The summed E-state index contributed by atoms with van der Waals surface area (Å²) in [6.45, 7) is 0. The first-order valence-electron chi connectivity index (χ1n) is 11.5. The Bertz CT molecular complexity index is 1600. The lowest BCUT2D eigenvalue weighted by Crippen LogP contribution is -2.40. The van der Waals surface area contributed by atoms with Crippen LogP contribution >= 0.6 is 11.6 Å². The van der Waals surface area contributed by atoms with Crippen LogP contribution in [0.1, 0.15) is 30.0 Å². The molecule has 4 aromatic rings. The van der Waals surface area contributed by atoms with E-state index in [2.05, 4.69) is 10.4 Å². The highest BCUT2D eigenvalue weighted by molar-refractivity contribution is 6.31. The van der Waals surface area contributed by atoms with Crippen molar-refractivity contribution in [2.45, 2.75) is 18.9 Å². The number of carbonyl (C=O) groups excluding carboxylic acids is 1. The predicted molar refractivity (Wildman–Crippen MR) is 139 cm³/mol. The molecular formula is C28H21ClFN3O4. The van der Waals surface area contributed by atoms with Gasteiger partial charge in [-0.05, 0) is 47.5 Å². The third-order valence-corrected chi connectivity index (χ3v) is 6.42. The maximum atomic E-state index is 13.6. The van der Waals surface area contributed by atoms with E-state index in [-0.39, 0.29) is 18.4 Å². The fourth-order valence-corrected chi connectivity index (χ4v) is 4.66. The number of nitrogens with zero attached hydrogens (tertiary/aromatic N) is 1. The number of benzene rings is 3. The molecule has 0 spiro atoms. The van der Waals surface area contributed by atoms with Gasteiger partial charge in [-0.15, -0.1) is 0 Å². The third kappa shape index (κ3) is 4.83. The van der Waals surface area contributed by atoms with Crippen LogP contribution in [-0.4, -0.2) is 27.0 Å². The molecule has 37 heavy (non-hydrogen) atoms. The number of rotatable bonds is 6. The quantitative estimate of drug-likeness (QED) is 0.323. The van der Waals surface area contributed by atoms with Crippen LogP contribution in [-0.2, 0) is 9.59 Å². The van der Waals surface area contributed by atoms with Gasteiger partial charge in [-0.3, -0.25) is 19.8 Å². The van der Waals surface area contributed by atoms with Crippen molar-refractivity contribution in [2.24, 2.45) is 0 Å². The second-order valence-corrected chi connectivity index (χ2v) is 9.04. The monoisotopic (exact) mass is 517 g/mol. The number of aromatic amines is 1. The molecule has 3 N–H and O–H groups in total. The number of carbonyl (C=O) groups is 2. The standard InChI is InChI=1S/C28H21ClFN3O4/c29-18-8-11-21-20(14-18)26(17-4-2-1-3-5-17)27(28(37)31-21)22-15-23(16-6-9-19(30)10-7-16)33(32-22)24(34)12-13-25(35)36/h1-11,14-15,23,32H,12-13H2,(H,31,37)(H,35,36)/t23-/m0/s1. The number of nitrogens with one attached hydrogen (secondary N) is 2. The van der Waals surface area contributed by atoms with Crippen LogP contribution in [0.4, 0.5) is 4.39 Å². The average molecular weight is 518 g/mol. The highest BCUT2D eigenvalue weighted by Gasteiger charge is 2.33. The van der Waals surface area contributed by atoms with Gasteiger partial charge >= 0.3 is 5.97 Å². The molecule has 0 radical (unpaired) electrons. The molecule has 2 heterocycles. The van der Waals surface area contributed by atoms with E-state index in [1.54, 1.807) is 36.4 Å². The van der Waals surface area contributed by atoms with Crippen molar-refractivity contribution >= 4 is 40.1 Å². The average Bonchev–Trinajstić information content (AvgIpc) is 3.32. The van der Waals surface area contributed by atoms with Crippen LogP contribution < -0.4 is 11.0 Å². The summed E-state index contributed by atoms with van der Waals surface area (Å²) in [5.41, 5.74) is 5.88. The van der Waals surface area contributed by atoms with E-state index in [1.165, 1.54) is 17.1 Å². The Morgan fingerprint density at radius 1 is 0.973 bits per heavy atom. The van der Waals surface area contributed by atoms with E-state index >= 15 is 0 Å². The molecule has 1 atom stereocenters. The lowest BCUT2D eigenvalue weighted by molar-refractivity contribution is -0.142. The largest absolute Gasteiger partial charge is 0.481 e. The Kier molecular flexibility index (Phi) is 6.50. The highest BCUT2D eigenvalue weighted by Crippen LogP contribution is 2.38. The minimum Gasteiger partial charge on any atom is -0.481 e. The van der Waals surface area contributed by atoms with Crippen molar-refractivity contribution in [1.82, 2.24) is 15.4 Å². The van der Waals surface area contributed by atoms with Crippen molar-refractivity contribution in [3.8, 4) is 11.1 Å². The van der Waals surface area contributed by atoms with Crippen LogP contribution in [0.15, 0.2) is 83.7 Å². The van der Waals surface area contributed by atoms with Gasteiger partial charge in [0.2, 0.25) is 5.91 Å². The Labute approximate surface area is 215 Å². The Hall–Kier alpha value is -4.43. The van der Waals surface area contributed by atoms with Gasteiger partial charge in [0.05, 0.1) is 23.7 Å². The van der Waals surface area contributed by atoms with Gasteiger partial charge in [0.15, 0.2) is 0 Å². The van der Waals surface area contributed by atoms with E-state index in [0.717, 1.165) is 5.56 Å². The molecular weight excluding hydrogens is 497 g/mol. The molecule has 5 rings (SSSR count). The molecule has 0 fully saturated rings. The zero-order chi connectivity index (χ0) is 26.1. The number of hydrogen-bond acceptors (Lipinski definition) is 4. The van der Waals surface area contributed by atoms with Crippen LogP contribution in [0.5, 0.6) is 0 Å². The summed E-state index contributed by atoms with van der Waals surface area (Å²) in [5.74, 6) is -2.02. The smallest absolute Gasteiger partial charge is 0.303 e. The van der Waals surface area contributed by atoms with E-state index in [9.17, 15) is 18.8 Å². The zero-order valence-electron chi connectivity index (χ0n) is 19.4. The van der Waals surface area contributed by atoms with Crippen molar-refractivity contribution in [1.29, 1.82) is 0 Å². The summed E-state index contributed by atoms with van der Waals surface area (Å²) in [6, 6.07) is 19.5. The third-order valence-electron chi connectivity index (χ3n) is 6.18. The molecule has 186 valence electrons. The zero-order valence-corrected chi connectivity index (χ0v) is 20.1. The van der Waals surface area contributed by atoms with Crippen molar-refractivity contribution in [3.63, 3.8) is 0 Å². The van der Waals surface area contributed by atoms with Gasteiger partial charge in [0.1, 0.15) is 5.82 Å². The molecule has 1 aliphatic heterocycles. The minimum atomic E-state index is -1.10. The summed E-state index contributed by atoms with van der Waals surface area (Å²) in [7, 11) is 0. The predicted octanol–water partition coefficient (Wildman–Crippen LogP) is 5.28. The number of pyridine rings is 1. The summed E-state index contributed by atoms with van der Waals surface area (Å²) >= 11 is 6.32. The van der Waals surface area contributed by atoms with Crippen LogP contribution in [0.25, 0.3) is 27.7 Å². The van der Waals surface area contributed by atoms with E-state index in [4.69, 9.17) is 16.7 Å². The first-order valence-corrected chi connectivity index (χ1v) is 11.9. The summed E-state index contributed by atoms with van der Waals surface area (Å²) in [4.78, 5) is 40.5. The Morgan fingerprint density at radius 3 is 2.41 bits per heavy atom. The van der Waals surface area contributed by atoms with Gasteiger partial charge in [-0.25, -0.2) is 9.40 Å². The van der Waals surface area contributed by atoms with Crippen LogP contribution in [0, 0.1) is 5.82 Å². The van der Waals surface area contributed by atoms with Gasteiger partial charge in [0.25, 0.3) is 5.56 Å². The molecule has 0 saturated carbocycles. The van der Waals surface area contributed by atoms with Crippen LogP contribution in [0.2, 0.25) is 5.02 Å². The first kappa shape index (κ1) is 24.3. The SMILES string of the molecule is O=C(O)CCC(=O)N1NC(c2c(-c3ccccc3)c3cc(Cl)ccc3[nH]c2=O)=C[C@H]1c1ccc(F)cc1. The molecule has 0 aliphatic carbocycles. The summed E-state index contributed by atoms with van der Waals surface area (Å²) < 4.78 is 13.6. The molecule has 0 saturated heterocycles. The number of H-pyrrole nitrogens is 1. The number of carboxylic acids is 1. The number of aliphatic carboxylic acids is 1. The fraction of sp³-hybridized carbons (Fsp3) is 0.107. The normalized spacial score (nSPS) is 14.9. The number of carboxylic acid groups (broad SMARTS) is 1. The fourth-order valence-electron chi connectivity index (χ4n) is 4.49. The Morgan fingerprint density at radius 2 is 1.70 bits per heavy atom. The van der Waals surface area contributed by atoms with E-state index in [1.807, 2.05) is 30.3 Å². The molecule has 7 nitrogen and oxygen atoms in total. The number of halogens is 2. The first-order chi connectivity index (χ1) is 17.8. The van der Waals surface area contributed by atoms with Crippen LogP contribution in [0.3, 0.4) is 0 Å². The molecule has 1 aliphatic rings. The molecule has 1 amide bonds. The number of hydrazine groups is 1. The summed E-state index contributed by atoms with van der Waals surface area (Å²) in [5, 5.41) is 11.6. The van der Waals surface area contributed by atoms with Gasteiger partial charge in [0, 0.05) is 27.9 Å². The maximum absolute atomic E-state index is 13.6. The molecule has 9 heteroatoms. The van der Waals surface area contributed by atoms with Crippen molar-refractivity contribution < 1.29 is 19.1 Å². The van der Waals surface area contributed by atoms with Gasteiger partial charge in [-0.1, -0.05) is 54.1 Å². The molecule has 3 aromatic carbocycles. The topological polar surface area (TPSA) is 102 Å². The lowest BCUT2D eigenvalue weighted by atomic mass is 9.94. The second kappa shape index (κ2) is 9.91. The highest BCUT2D eigenvalue weighted by atomic mass is 35.5. The van der Waals surface area contributed by atoms with Crippen molar-refractivity contribution in [3.05, 3.63) is 111 Å². The van der Waals surface area contributed by atoms with Gasteiger partial charge in [-0.2, -0.15) is 0 Å². The number of hydrogen-bond donors (Lipinski definition) is 3. The summed E-state index contributed by atoms with van der Waals surface area (Å²) in [6.07, 6.45) is 1.10. The molecule has 0 bridgehead atoms. The van der Waals surface area contributed by atoms with E-state index < -0.39 is 23.7 Å². The minimum absolute atomic E-state index is 0.254. The second-order valence-electron chi connectivity index (χ2n) is 8.61. The van der Waals surface area contributed by atoms with Gasteiger partial charge < -0.3 is 10.1 Å². The van der Waals surface area contributed by atoms with Crippen molar-refractivity contribution in [2.75, 3.05) is 0 Å². The maximum Gasteiger partial charge on any atom is 0.303 e. The number of amides is 1. The van der Waals surface area contributed by atoms with E-state index in [0.29, 0.717) is 38.3 Å². The number of aromatic nitrogens is 1. The molecule has 1 aromatic heterocycles. The number of fused-ring (bicyclic) bond motifs is 1. The lowest BCUT2D eigenvalue weighted by Gasteiger charge is -2.25. The Balaban J connectivity index is 1.70.